The third kappa shape index (κ3) is 3.11. The minimum Gasteiger partial charge on any atom is -0.387 e. The molecule has 2 aromatic heterocycles. The predicted octanol–water partition coefficient (Wildman–Crippen LogP) is 2.12. The normalized spacial score (nSPS) is 20.4. The number of carbonyl (C=O) groups is 1. The van der Waals surface area contributed by atoms with Gasteiger partial charge in [-0.2, -0.15) is 0 Å². The summed E-state index contributed by atoms with van der Waals surface area (Å²) in [4.78, 5) is 12.3. The Kier molecular flexibility index (Phi) is 4.26. The number of aromatic nitrogens is 4. The average molecular weight is 353 g/mol. The summed E-state index contributed by atoms with van der Waals surface area (Å²) in [7, 11) is 0. The molecular weight excluding hydrogens is 334 g/mol. The first-order valence-electron chi connectivity index (χ1n) is 8.53. The zero-order valence-electron chi connectivity index (χ0n) is 14.2. The third-order valence-corrected chi connectivity index (χ3v) is 4.63. The van der Waals surface area contributed by atoms with E-state index in [1.165, 1.54) is 0 Å². The minimum atomic E-state index is -0.621. The summed E-state index contributed by atoms with van der Waals surface area (Å²) in [6, 6.07) is 11.4. The summed E-state index contributed by atoms with van der Waals surface area (Å²) in [6.45, 7) is 1.68. The lowest BCUT2D eigenvalue weighted by Gasteiger charge is -2.36. The molecule has 26 heavy (non-hydrogen) atoms. The third-order valence-electron chi connectivity index (χ3n) is 4.63. The Bertz CT molecular complexity index is 896. The lowest BCUT2D eigenvalue weighted by Crippen LogP contribution is -2.45. The van der Waals surface area contributed by atoms with E-state index in [2.05, 4.69) is 20.8 Å². The van der Waals surface area contributed by atoms with Crippen LogP contribution in [-0.4, -0.2) is 37.2 Å². The van der Waals surface area contributed by atoms with Crippen LogP contribution in [0.3, 0.4) is 0 Å². The zero-order chi connectivity index (χ0) is 18.1. The van der Waals surface area contributed by atoms with Gasteiger partial charge in [-0.25, -0.2) is 4.68 Å². The van der Waals surface area contributed by atoms with Crippen molar-refractivity contribution in [1.29, 1.82) is 0 Å². The lowest BCUT2D eigenvalue weighted by molar-refractivity contribution is 0.0842. The van der Waals surface area contributed by atoms with E-state index in [-0.39, 0.29) is 23.8 Å². The number of hydrogen-bond acceptors (Lipinski definition) is 6. The summed E-state index contributed by atoms with van der Waals surface area (Å²) in [6.07, 6.45) is 2.41. The first kappa shape index (κ1) is 16.5. The Morgan fingerprint density at radius 2 is 2.12 bits per heavy atom. The number of amides is 1. The monoisotopic (exact) mass is 353 g/mol. The number of aliphatic hydroxyl groups is 1. The summed E-state index contributed by atoms with van der Waals surface area (Å²) >= 11 is 0. The van der Waals surface area contributed by atoms with Crippen molar-refractivity contribution in [3.63, 3.8) is 0 Å². The van der Waals surface area contributed by atoms with Gasteiger partial charge in [0.15, 0.2) is 0 Å². The first-order chi connectivity index (χ1) is 12.6. The molecule has 0 spiro atoms. The molecule has 1 fully saturated rings. The summed E-state index contributed by atoms with van der Waals surface area (Å²) in [5.41, 5.74) is 2.21. The fraction of sp³-hybridized carbons (Fsp3) is 0.333. The number of nitrogens with zero attached hydrogens (tertiary/aromatic N) is 4. The summed E-state index contributed by atoms with van der Waals surface area (Å²) in [5, 5.41) is 24.5. The van der Waals surface area contributed by atoms with Gasteiger partial charge in [-0.15, -0.1) is 5.10 Å². The van der Waals surface area contributed by atoms with Crippen molar-refractivity contribution >= 4 is 5.91 Å². The number of aliphatic hydroxyl groups excluding tert-OH is 1. The molecule has 1 saturated carbocycles. The highest BCUT2D eigenvalue weighted by Gasteiger charge is 2.34. The van der Waals surface area contributed by atoms with Crippen LogP contribution in [0.5, 0.6) is 0 Å². The summed E-state index contributed by atoms with van der Waals surface area (Å²) in [5.74, 6) is -0.0878. The van der Waals surface area contributed by atoms with Crippen LogP contribution < -0.4 is 5.32 Å². The van der Waals surface area contributed by atoms with Gasteiger partial charge >= 0.3 is 0 Å². The fourth-order valence-corrected chi connectivity index (χ4v) is 3.12. The number of carbonyl (C=O) groups excluding carboxylic acids is 1. The van der Waals surface area contributed by atoms with Crippen LogP contribution in [0.2, 0.25) is 0 Å². The van der Waals surface area contributed by atoms with Gasteiger partial charge in [0.25, 0.3) is 5.91 Å². The number of hydrogen-bond donors (Lipinski definition) is 2. The molecule has 3 aromatic rings. The molecule has 8 heteroatoms. The molecule has 1 aliphatic rings. The van der Waals surface area contributed by atoms with Gasteiger partial charge in [0.05, 0.1) is 24.0 Å². The Balaban J connectivity index is 1.36. The van der Waals surface area contributed by atoms with Gasteiger partial charge < -0.3 is 14.9 Å². The molecule has 1 aromatic carbocycles. The van der Waals surface area contributed by atoms with Gasteiger partial charge in [-0.3, -0.25) is 4.79 Å². The maximum absolute atomic E-state index is 12.3. The van der Waals surface area contributed by atoms with Crippen LogP contribution in [0.15, 0.2) is 47.1 Å². The van der Waals surface area contributed by atoms with Crippen LogP contribution in [-0.2, 0) is 0 Å². The minimum absolute atomic E-state index is 0.0313. The smallest absolute Gasteiger partial charge is 0.290 e. The maximum atomic E-state index is 12.3. The molecule has 0 unspecified atom stereocenters. The second kappa shape index (κ2) is 6.72. The number of rotatable bonds is 5. The van der Waals surface area contributed by atoms with E-state index in [0.29, 0.717) is 11.4 Å². The van der Waals surface area contributed by atoms with E-state index in [1.54, 1.807) is 23.9 Å². The quantitative estimate of drug-likeness (QED) is 0.728. The molecule has 8 nitrogen and oxygen atoms in total. The molecule has 1 amide bonds. The lowest BCUT2D eigenvalue weighted by atomic mass is 9.86. The molecule has 0 radical (unpaired) electrons. The standard InChI is InChI=1S/C18H19N5O3/c1-11(24)16-10-19-22-23(16)14-7-13(8-14)20-18(25)17-9-15(21-26-17)12-5-3-2-4-6-12/h2-6,9-11,13-14,24H,7-8H2,1H3,(H,20,25)/t11-,13?,14?/m0/s1. The molecule has 0 bridgehead atoms. The molecule has 1 aliphatic carbocycles. The topological polar surface area (TPSA) is 106 Å². The van der Waals surface area contributed by atoms with Crippen LogP contribution in [0.4, 0.5) is 0 Å². The zero-order valence-corrected chi connectivity index (χ0v) is 14.2. The molecule has 134 valence electrons. The molecule has 0 aliphatic heterocycles. The molecule has 0 saturated heterocycles. The van der Waals surface area contributed by atoms with Crippen LogP contribution >= 0.6 is 0 Å². The van der Waals surface area contributed by atoms with Crippen molar-refractivity contribution in [2.24, 2.45) is 0 Å². The Morgan fingerprint density at radius 1 is 1.35 bits per heavy atom. The number of nitrogens with one attached hydrogen (secondary N) is 1. The van der Waals surface area contributed by atoms with Crippen molar-refractivity contribution in [3.05, 3.63) is 54.0 Å². The van der Waals surface area contributed by atoms with Gasteiger partial charge in [-0.05, 0) is 19.8 Å². The molecule has 2 N–H and O–H groups in total. The highest BCUT2D eigenvalue weighted by atomic mass is 16.5. The van der Waals surface area contributed by atoms with E-state index in [4.69, 9.17) is 4.52 Å². The SMILES string of the molecule is C[C@H](O)c1cnnn1C1CC(NC(=O)c2cc(-c3ccccc3)no2)C1. The van der Waals surface area contributed by atoms with Gasteiger partial charge in [0.2, 0.25) is 5.76 Å². The highest BCUT2D eigenvalue weighted by molar-refractivity contribution is 5.92. The summed E-state index contributed by atoms with van der Waals surface area (Å²) < 4.78 is 6.91. The number of benzene rings is 1. The van der Waals surface area contributed by atoms with Crippen molar-refractivity contribution in [1.82, 2.24) is 25.5 Å². The second-order valence-electron chi connectivity index (χ2n) is 6.52. The Hall–Kier alpha value is -3.00. The largest absolute Gasteiger partial charge is 0.387 e. The highest BCUT2D eigenvalue weighted by Crippen LogP contribution is 2.33. The molecule has 1 atom stereocenters. The van der Waals surface area contributed by atoms with Gasteiger partial charge in [0.1, 0.15) is 5.69 Å². The first-order valence-corrected chi connectivity index (χ1v) is 8.53. The Labute approximate surface area is 149 Å². The molecule has 4 rings (SSSR count). The van der Waals surface area contributed by atoms with Crippen LogP contribution in [0.1, 0.15) is 48.2 Å². The molecule has 2 heterocycles. The van der Waals surface area contributed by atoms with Gasteiger partial charge in [-0.1, -0.05) is 40.7 Å². The van der Waals surface area contributed by atoms with Crippen molar-refractivity contribution < 1.29 is 14.4 Å². The van der Waals surface area contributed by atoms with Crippen LogP contribution in [0.25, 0.3) is 11.3 Å². The van der Waals surface area contributed by atoms with E-state index >= 15 is 0 Å². The Morgan fingerprint density at radius 3 is 2.85 bits per heavy atom. The van der Waals surface area contributed by atoms with Crippen LogP contribution in [0, 0.1) is 0 Å². The van der Waals surface area contributed by atoms with E-state index in [1.807, 2.05) is 30.3 Å². The van der Waals surface area contributed by atoms with Crippen molar-refractivity contribution in [2.45, 2.75) is 38.0 Å². The maximum Gasteiger partial charge on any atom is 0.290 e. The average Bonchev–Trinajstić information content (AvgIpc) is 3.27. The van der Waals surface area contributed by atoms with E-state index in [9.17, 15) is 9.90 Å². The van der Waals surface area contributed by atoms with Gasteiger partial charge in [0, 0.05) is 17.7 Å². The second-order valence-corrected chi connectivity index (χ2v) is 6.52. The fourth-order valence-electron chi connectivity index (χ4n) is 3.12. The van der Waals surface area contributed by atoms with Crippen molar-refractivity contribution in [2.75, 3.05) is 0 Å². The van der Waals surface area contributed by atoms with E-state index < -0.39 is 6.10 Å². The van der Waals surface area contributed by atoms with Crippen molar-refractivity contribution in [3.8, 4) is 11.3 Å². The van der Waals surface area contributed by atoms with E-state index in [0.717, 1.165) is 18.4 Å². The predicted molar refractivity (Wildman–Crippen MR) is 92.1 cm³/mol. The molecular formula is C18H19N5O3.